The second-order valence-electron chi connectivity index (χ2n) is 11.1. The molecule has 0 spiro atoms. The summed E-state index contributed by atoms with van der Waals surface area (Å²) < 4.78 is 10.4. The maximum atomic E-state index is 12.9. The number of benzene rings is 2. The predicted octanol–water partition coefficient (Wildman–Crippen LogP) is 4.59. The van der Waals surface area contributed by atoms with Gasteiger partial charge in [-0.15, -0.1) is 0 Å². The van der Waals surface area contributed by atoms with Gasteiger partial charge in [-0.2, -0.15) is 0 Å². The van der Waals surface area contributed by atoms with Crippen LogP contribution in [0.1, 0.15) is 57.7 Å². The fourth-order valence-corrected chi connectivity index (χ4v) is 5.72. The normalized spacial score (nSPS) is 17.2. The Kier molecular flexibility index (Phi) is 9.64. The number of likely N-dealkylation sites (tertiary alicyclic amines) is 2. The summed E-state index contributed by atoms with van der Waals surface area (Å²) in [5, 5.41) is 3.20. The number of hydrogen-bond acceptors (Lipinski definition) is 7. The first-order valence-electron chi connectivity index (χ1n) is 14.5. The number of amides is 1. The SMILES string of the molecule is COc1ccc(CN2CCC(NC(=O)c3ccc(CN4CCC(C(=O)c5ccc(OC)cc5)CC4)nc3)CC2)cc1. The van der Waals surface area contributed by atoms with Crippen LogP contribution in [-0.4, -0.2) is 72.9 Å². The Morgan fingerprint density at radius 3 is 1.90 bits per heavy atom. The van der Waals surface area contributed by atoms with E-state index in [1.54, 1.807) is 20.4 Å². The highest BCUT2D eigenvalue weighted by atomic mass is 16.5. The van der Waals surface area contributed by atoms with Crippen LogP contribution in [0, 0.1) is 5.92 Å². The van der Waals surface area contributed by atoms with E-state index in [0.717, 1.165) is 87.7 Å². The minimum Gasteiger partial charge on any atom is -0.497 e. The molecule has 0 radical (unpaired) electrons. The van der Waals surface area contributed by atoms with Crippen molar-refractivity contribution in [2.24, 2.45) is 5.92 Å². The number of ketones is 1. The third kappa shape index (κ3) is 7.71. The monoisotopic (exact) mass is 556 g/mol. The lowest BCUT2D eigenvalue weighted by atomic mass is 9.89. The molecule has 2 aliphatic rings. The summed E-state index contributed by atoms with van der Waals surface area (Å²) in [6.07, 6.45) is 5.23. The minimum atomic E-state index is -0.0597. The first-order valence-corrected chi connectivity index (χ1v) is 14.5. The van der Waals surface area contributed by atoms with Crippen LogP contribution in [0.3, 0.4) is 0 Å². The summed E-state index contributed by atoms with van der Waals surface area (Å²) >= 11 is 0. The van der Waals surface area contributed by atoms with Gasteiger partial charge in [-0.05, 0) is 92.9 Å². The molecule has 0 bridgehead atoms. The third-order valence-electron chi connectivity index (χ3n) is 8.29. The van der Waals surface area contributed by atoms with Gasteiger partial charge in [0.1, 0.15) is 11.5 Å². The number of carbonyl (C=O) groups is 2. The molecule has 1 N–H and O–H groups in total. The number of ether oxygens (including phenoxy) is 2. The van der Waals surface area contributed by atoms with E-state index in [4.69, 9.17) is 9.47 Å². The van der Waals surface area contributed by atoms with E-state index in [1.165, 1.54) is 5.56 Å². The van der Waals surface area contributed by atoms with Gasteiger partial charge in [-0.1, -0.05) is 12.1 Å². The van der Waals surface area contributed by atoms with E-state index in [2.05, 4.69) is 32.2 Å². The van der Waals surface area contributed by atoms with Crippen LogP contribution < -0.4 is 14.8 Å². The molecule has 2 aromatic carbocycles. The molecular weight excluding hydrogens is 516 g/mol. The lowest BCUT2D eigenvalue weighted by molar-refractivity contribution is 0.0833. The van der Waals surface area contributed by atoms with Crippen LogP contribution in [0.2, 0.25) is 0 Å². The molecule has 2 aliphatic heterocycles. The third-order valence-corrected chi connectivity index (χ3v) is 8.29. The van der Waals surface area contributed by atoms with E-state index >= 15 is 0 Å². The Morgan fingerprint density at radius 1 is 0.756 bits per heavy atom. The molecule has 2 fully saturated rings. The van der Waals surface area contributed by atoms with E-state index in [-0.39, 0.29) is 23.7 Å². The van der Waals surface area contributed by atoms with Gasteiger partial charge in [0.05, 0.1) is 25.5 Å². The highest BCUT2D eigenvalue weighted by molar-refractivity contribution is 5.98. The molecule has 2 saturated heterocycles. The summed E-state index contributed by atoms with van der Waals surface area (Å²) in [6, 6.07) is 19.6. The molecule has 5 rings (SSSR count). The van der Waals surface area contributed by atoms with Crippen molar-refractivity contribution in [3.05, 3.63) is 89.2 Å². The number of hydrogen-bond donors (Lipinski definition) is 1. The Balaban J connectivity index is 1.03. The maximum Gasteiger partial charge on any atom is 0.253 e. The average molecular weight is 557 g/mol. The lowest BCUT2D eigenvalue weighted by Crippen LogP contribution is -2.44. The number of nitrogens with zero attached hydrogens (tertiary/aromatic N) is 3. The molecule has 8 nitrogen and oxygen atoms in total. The number of aromatic nitrogens is 1. The topological polar surface area (TPSA) is 84.0 Å². The number of carbonyl (C=O) groups excluding carboxylic acids is 2. The van der Waals surface area contributed by atoms with E-state index < -0.39 is 0 Å². The maximum absolute atomic E-state index is 12.9. The van der Waals surface area contributed by atoms with Crippen molar-refractivity contribution >= 4 is 11.7 Å². The molecule has 0 saturated carbocycles. The summed E-state index contributed by atoms with van der Waals surface area (Å²) in [4.78, 5) is 35.1. The van der Waals surface area contributed by atoms with E-state index in [0.29, 0.717) is 5.56 Å². The van der Waals surface area contributed by atoms with Gasteiger partial charge in [0.2, 0.25) is 0 Å². The Bertz CT molecular complexity index is 1280. The minimum absolute atomic E-state index is 0.0491. The predicted molar refractivity (Wildman–Crippen MR) is 158 cm³/mol. The van der Waals surface area contributed by atoms with Gasteiger partial charge in [0.15, 0.2) is 5.78 Å². The number of Topliss-reactive ketones (excluding diaryl/α,β-unsaturated/α-hetero) is 1. The van der Waals surface area contributed by atoms with E-state index in [9.17, 15) is 9.59 Å². The van der Waals surface area contributed by atoms with Gasteiger partial charge in [0, 0.05) is 49.9 Å². The highest BCUT2D eigenvalue weighted by Gasteiger charge is 2.26. The van der Waals surface area contributed by atoms with Crippen molar-refractivity contribution in [1.82, 2.24) is 20.1 Å². The summed E-state index contributed by atoms with van der Waals surface area (Å²) in [5.41, 5.74) is 3.55. The molecule has 216 valence electrons. The Morgan fingerprint density at radius 2 is 1.32 bits per heavy atom. The second-order valence-corrected chi connectivity index (χ2v) is 11.1. The average Bonchev–Trinajstić information content (AvgIpc) is 3.03. The van der Waals surface area contributed by atoms with Gasteiger partial charge < -0.3 is 14.8 Å². The number of rotatable bonds is 10. The van der Waals surface area contributed by atoms with Crippen LogP contribution in [0.4, 0.5) is 0 Å². The van der Waals surface area contributed by atoms with Crippen molar-refractivity contribution in [2.45, 2.75) is 44.8 Å². The standard InChI is InChI=1S/C33H40N4O4/c1-40-30-9-3-24(4-10-30)22-36-19-15-28(16-20-36)35-33(39)27-5-8-29(34-21-27)23-37-17-13-26(14-18-37)32(38)25-6-11-31(41-2)12-7-25/h3-12,21,26,28H,13-20,22-23H2,1-2H3,(H,35,39). The zero-order valence-electron chi connectivity index (χ0n) is 24.1. The quantitative estimate of drug-likeness (QED) is 0.366. The number of pyridine rings is 1. The van der Waals surface area contributed by atoms with Crippen molar-refractivity contribution < 1.29 is 19.1 Å². The molecule has 1 amide bonds. The second kappa shape index (κ2) is 13.7. The molecule has 1 aromatic heterocycles. The van der Waals surface area contributed by atoms with Crippen LogP contribution >= 0.6 is 0 Å². The first-order chi connectivity index (χ1) is 20.0. The zero-order chi connectivity index (χ0) is 28.6. The Labute approximate surface area is 242 Å². The molecule has 0 atom stereocenters. The Hall–Kier alpha value is -3.75. The smallest absolute Gasteiger partial charge is 0.253 e. The van der Waals surface area contributed by atoms with Crippen molar-refractivity contribution in [2.75, 3.05) is 40.4 Å². The van der Waals surface area contributed by atoms with Crippen LogP contribution in [0.5, 0.6) is 11.5 Å². The largest absolute Gasteiger partial charge is 0.497 e. The summed E-state index contributed by atoms with van der Waals surface area (Å²) in [6.45, 7) is 5.25. The molecule has 0 unspecified atom stereocenters. The lowest BCUT2D eigenvalue weighted by Gasteiger charge is -2.32. The zero-order valence-corrected chi connectivity index (χ0v) is 24.1. The fraction of sp³-hybridized carbons (Fsp3) is 0.424. The summed E-state index contributed by atoms with van der Waals surface area (Å²) in [7, 11) is 3.31. The van der Waals surface area contributed by atoms with Crippen molar-refractivity contribution in [3.8, 4) is 11.5 Å². The highest BCUT2D eigenvalue weighted by Crippen LogP contribution is 2.24. The van der Waals surface area contributed by atoms with Crippen LogP contribution in [0.25, 0.3) is 0 Å². The van der Waals surface area contributed by atoms with Gasteiger partial charge in [0.25, 0.3) is 5.91 Å². The number of methoxy groups -OCH3 is 2. The van der Waals surface area contributed by atoms with Gasteiger partial charge in [-0.3, -0.25) is 24.4 Å². The van der Waals surface area contributed by atoms with Crippen LogP contribution in [-0.2, 0) is 13.1 Å². The summed E-state index contributed by atoms with van der Waals surface area (Å²) in [5.74, 6) is 1.83. The number of piperidine rings is 2. The molecular formula is C33H40N4O4. The fourth-order valence-electron chi connectivity index (χ4n) is 5.72. The molecule has 3 aromatic rings. The molecule has 3 heterocycles. The molecule has 8 heteroatoms. The molecule has 41 heavy (non-hydrogen) atoms. The van der Waals surface area contributed by atoms with E-state index in [1.807, 2.05) is 48.5 Å². The number of nitrogens with one attached hydrogen (secondary N) is 1. The molecule has 0 aliphatic carbocycles. The van der Waals surface area contributed by atoms with Crippen LogP contribution in [0.15, 0.2) is 66.9 Å². The van der Waals surface area contributed by atoms with Crippen molar-refractivity contribution in [1.29, 1.82) is 0 Å². The van der Waals surface area contributed by atoms with Gasteiger partial charge in [-0.25, -0.2) is 0 Å². The van der Waals surface area contributed by atoms with Crippen molar-refractivity contribution in [3.63, 3.8) is 0 Å². The first kappa shape index (κ1) is 28.8. The van der Waals surface area contributed by atoms with Gasteiger partial charge >= 0.3 is 0 Å².